The Bertz CT molecular complexity index is 789. The molecule has 1 aliphatic carbocycles. The number of nitrogens with zero attached hydrogens (tertiary/aromatic N) is 1. The second kappa shape index (κ2) is 16.9. The number of rotatable bonds is 10. The first-order valence-corrected chi connectivity index (χ1v) is 13.2. The second-order valence-electron chi connectivity index (χ2n) is 8.95. The van der Waals surface area contributed by atoms with Crippen LogP contribution < -0.4 is 20.1 Å². The molecule has 0 aromatic heterocycles. The van der Waals surface area contributed by atoms with Crippen LogP contribution in [0.25, 0.3) is 0 Å². The maximum absolute atomic E-state index is 12.7. The highest BCUT2D eigenvalue weighted by atomic mass is 16.5. The maximum atomic E-state index is 12.7. The molecule has 1 aromatic carbocycles. The summed E-state index contributed by atoms with van der Waals surface area (Å²) in [5, 5.41) is 15.8. The van der Waals surface area contributed by atoms with Crippen LogP contribution in [0.4, 0.5) is 0 Å². The van der Waals surface area contributed by atoms with E-state index < -0.39 is 0 Å². The van der Waals surface area contributed by atoms with Crippen LogP contribution in [0.15, 0.2) is 30.0 Å². The van der Waals surface area contributed by atoms with Crippen molar-refractivity contribution in [1.82, 2.24) is 10.6 Å². The van der Waals surface area contributed by atoms with Crippen molar-refractivity contribution in [3.05, 3.63) is 35.5 Å². The zero-order chi connectivity index (χ0) is 24.4. The van der Waals surface area contributed by atoms with Crippen LogP contribution in [0.3, 0.4) is 0 Å². The van der Waals surface area contributed by atoms with E-state index in [0.29, 0.717) is 19.8 Å². The third kappa shape index (κ3) is 10.5. The summed E-state index contributed by atoms with van der Waals surface area (Å²) in [4.78, 5) is 12.7. The Hall–Kier alpha value is -2.68. The molecule has 1 fully saturated rings. The molecule has 0 bridgehead atoms. The fourth-order valence-electron chi connectivity index (χ4n) is 4.36. The van der Waals surface area contributed by atoms with E-state index in [9.17, 15) is 10.1 Å². The molecule has 0 spiro atoms. The van der Waals surface area contributed by atoms with Crippen molar-refractivity contribution in [1.29, 1.82) is 5.26 Å². The van der Waals surface area contributed by atoms with E-state index in [1.165, 1.54) is 44.9 Å². The van der Waals surface area contributed by atoms with Gasteiger partial charge in [0.1, 0.15) is 11.6 Å². The second-order valence-corrected chi connectivity index (χ2v) is 8.95. The quantitative estimate of drug-likeness (QED) is 0.256. The Labute approximate surface area is 206 Å². The van der Waals surface area contributed by atoms with Gasteiger partial charge in [0.05, 0.1) is 13.2 Å². The molecule has 1 aromatic rings. The summed E-state index contributed by atoms with van der Waals surface area (Å²) in [7, 11) is 0. The molecule has 0 aliphatic heterocycles. The van der Waals surface area contributed by atoms with Gasteiger partial charge in [-0.3, -0.25) is 4.79 Å². The van der Waals surface area contributed by atoms with Crippen LogP contribution in [0.1, 0.15) is 90.0 Å². The number of ether oxygens (including phenoxy) is 2. The number of nitriles is 1. The van der Waals surface area contributed by atoms with Gasteiger partial charge in [0.25, 0.3) is 5.91 Å². The summed E-state index contributed by atoms with van der Waals surface area (Å²) in [5.74, 6) is 1.22. The molecule has 34 heavy (non-hydrogen) atoms. The molecule has 1 amide bonds. The lowest BCUT2D eigenvalue weighted by Gasteiger charge is -2.19. The highest BCUT2D eigenvalue weighted by Crippen LogP contribution is 2.28. The number of hydrogen-bond donors (Lipinski definition) is 2. The number of hydrogen-bond acceptors (Lipinski definition) is 5. The van der Waals surface area contributed by atoms with Gasteiger partial charge in [0.2, 0.25) is 0 Å². The molecule has 2 rings (SSSR count). The molecular formula is C28H43N3O3. The summed E-state index contributed by atoms with van der Waals surface area (Å²) in [6, 6.07) is 8.14. The average molecular weight is 470 g/mol. The zero-order valence-electron chi connectivity index (χ0n) is 21.2. The van der Waals surface area contributed by atoms with E-state index >= 15 is 0 Å². The standard InChI is InChI=1S/C28H43N3O3/c1-3-33-26-17-16-23(20-27(26)34-4-2)18-19-30-22-24(21-29)28(32)31-25-14-12-10-8-6-5-7-9-11-13-15-25/h16-17,20,22,25,30H,3-15,18-19H2,1-2H3,(H,31,32)/b24-22-. The van der Waals surface area contributed by atoms with Gasteiger partial charge in [-0.05, 0) is 50.8 Å². The average Bonchev–Trinajstić information content (AvgIpc) is 2.82. The summed E-state index contributed by atoms with van der Waals surface area (Å²) in [6.45, 7) is 5.68. The fourth-order valence-corrected chi connectivity index (χ4v) is 4.36. The minimum absolute atomic E-state index is 0.132. The largest absolute Gasteiger partial charge is 0.490 e. The Morgan fingerprint density at radius 1 is 0.971 bits per heavy atom. The molecule has 188 valence electrons. The van der Waals surface area contributed by atoms with Gasteiger partial charge in [-0.25, -0.2) is 0 Å². The van der Waals surface area contributed by atoms with Crippen molar-refractivity contribution in [3.8, 4) is 17.6 Å². The number of nitrogens with one attached hydrogen (secondary N) is 2. The van der Waals surface area contributed by atoms with Crippen LogP contribution >= 0.6 is 0 Å². The highest BCUT2D eigenvalue weighted by Gasteiger charge is 2.16. The highest BCUT2D eigenvalue weighted by molar-refractivity contribution is 5.97. The van der Waals surface area contributed by atoms with Crippen molar-refractivity contribution in [3.63, 3.8) is 0 Å². The van der Waals surface area contributed by atoms with Crippen molar-refractivity contribution < 1.29 is 14.3 Å². The van der Waals surface area contributed by atoms with Crippen molar-refractivity contribution in [2.75, 3.05) is 19.8 Å². The third-order valence-electron chi connectivity index (χ3n) is 6.22. The number of amides is 1. The van der Waals surface area contributed by atoms with E-state index in [-0.39, 0.29) is 17.5 Å². The van der Waals surface area contributed by atoms with E-state index in [1.807, 2.05) is 32.0 Å². The Morgan fingerprint density at radius 2 is 1.56 bits per heavy atom. The Morgan fingerprint density at radius 3 is 2.15 bits per heavy atom. The van der Waals surface area contributed by atoms with E-state index in [2.05, 4.69) is 16.7 Å². The smallest absolute Gasteiger partial charge is 0.263 e. The predicted octanol–water partition coefficient (Wildman–Crippen LogP) is 5.81. The topological polar surface area (TPSA) is 83.4 Å². The predicted molar refractivity (Wildman–Crippen MR) is 137 cm³/mol. The van der Waals surface area contributed by atoms with Crippen molar-refractivity contribution >= 4 is 5.91 Å². The third-order valence-corrected chi connectivity index (χ3v) is 6.22. The molecule has 0 atom stereocenters. The molecule has 1 saturated carbocycles. The van der Waals surface area contributed by atoms with Crippen LogP contribution in [0.2, 0.25) is 0 Å². The van der Waals surface area contributed by atoms with E-state index in [4.69, 9.17) is 9.47 Å². The van der Waals surface area contributed by atoms with Gasteiger partial charge in [-0.15, -0.1) is 0 Å². The first kappa shape index (κ1) is 27.6. The van der Waals surface area contributed by atoms with Gasteiger partial charge < -0.3 is 20.1 Å². The van der Waals surface area contributed by atoms with Crippen molar-refractivity contribution in [2.24, 2.45) is 0 Å². The van der Waals surface area contributed by atoms with Gasteiger partial charge in [0, 0.05) is 18.8 Å². The zero-order valence-corrected chi connectivity index (χ0v) is 21.2. The SMILES string of the molecule is CCOc1ccc(CCN/C=C(/C#N)C(=O)NC2CCCCCCCCCCC2)cc1OCC. The molecule has 0 heterocycles. The number of carbonyl (C=O) groups is 1. The lowest BCUT2D eigenvalue weighted by Crippen LogP contribution is -2.36. The lowest BCUT2D eigenvalue weighted by atomic mass is 9.98. The minimum Gasteiger partial charge on any atom is -0.490 e. The number of carbonyl (C=O) groups excluding carboxylic acids is 1. The Kier molecular flexibility index (Phi) is 13.7. The van der Waals surface area contributed by atoms with Gasteiger partial charge in [-0.2, -0.15) is 5.26 Å². The first-order chi connectivity index (χ1) is 16.7. The molecule has 0 saturated heterocycles. The van der Waals surface area contributed by atoms with E-state index in [1.54, 1.807) is 6.20 Å². The molecule has 0 radical (unpaired) electrons. The summed E-state index contributed by atoms with van der Waals surface area (Å²) in [6.07, 6.45) is 15.6. The van der Waals surface area contributed by atoms with Gasteiger partial charge in [-0.1, -0.05) is 63.9 Å². The van der Waals surface area contributed by atoms with Gasteiger partial charge in [0.15, 0.2) is 11.5 Å². The molecule has 0 unspecified atom stereocenters. The van der Waals surface area contributed by atoms with Crippen LogP contribution in [0, 0.1) is 11.3 Å². The summed E-state index contributed by atoms with van der Waals surface area (Å²) in [5.41, 5.74) is 1.23. The molecule has 6 heteroatoms. The molecular weight excluding hydrogens is 426 g/mol. The van der Waals surface area contributed by atoms with Crippen molar-refractivity contribution in [2.45, 2.75) is 96.9 Å². The molecule has 1 aliphatic rings. The van der Waals surface area contributed by atoms with Crippen LogP contribution in [-0.4, -0.2) is 31.7 Å². The first-order valence-electron chi connectivity index (χ1n) is 13.2. The normalized spacial score (nSPS) is 16.4. The molecule has 2 N–H and O–H groups in total. The Balaban J connectivity index is 1.85. The minimum atomic E-state index is -0.271. The monoisotopic (exact) mass is 469 g/mol. The molecule has 6 nitrogen and oxygen atoms in total. The van der Waals surface area contributed by atoms with Crippen LogP contribution in [-0.2, 0) is 11.2 Å². The number of benzene rings is 1. The summed E-state index contributed by atoms with van der Waals surface area (Å²) >= 11 is 0. The fraction of sp³-hybridized carbons (Fsp3) is 0.643. The summed E-state index contributed by atoms with van der Waals surface area (Å²) < 4.78 is 11.3. The van der Waals surface area contributed by atoms with Gasteiger partial charge >= 0.3 is 0 Å². The van der Waals surface area contributed by atoms with E-state index in [0.717, 1.165) is 49.2 Å². The lowest BCUT2D eigenvalue weighted by molar-refractivity contribution is -0.117. The van der Waals surface area contributed by atoms with Crippen LogP contribution in [0.5, 0.6) is 11.5 Å². The maximum Gasteiger partial charge on any atom is 0.263 e.